The van der Waals surface area contributed by atoms with E-state index in [4.69, 9.17) is 0 Å². The van der Waals surface area contributed by atoms with E-state index in [0.29, 0.717) is 11.8 Å². The van der Waals surface area contributed by atoms with Gasteiger partial charge < -0.3 is 15.1 Å². The van der Waals surface area contributed by atoms with E-state index in [9.17, 15) is 13.6 Å². The fourth-order valence-electron chi connectivity index (χ4n) is 1.88. The van der Waals surface area contributed by atoms with Crippen LogP contribution in [-0.4, -0.2) is 43.6 Å². The van der Waals surface area contributed by atoms with Crippen molar-refractivity contribution in [2.75, 3.05) is 42.8 Å². The predicted molar refractivity (Wildman–Crippen MR) is 84.6 cm³/mol. The van der Waals surface area contributed by atoms with Crippen LogP contribution in [0.4, 0.5) is 26.2 Å². The molecule has 0 spiro atoms. The van der Waals surface area contributed by atoms with Crippen molar-refractivity contribution >= 4 is 23.4 Å². The summed E-state index contributed by atoms with van der Waals surface area (Å²) in [5, 5.41) is 2.44. The quantitative estimate of drug-likeness (QED) is 0.911. The highest BCUT2D eigenvalue weighted by atomic mass is 19.1. The second-order valence-electron chi connectivity index (χ2n) is 5.17. The molecule has 0 radical (unpaired) electrons. The molecule has 23 heavy (non-hydrogen) atoms. The van der Waals surface area contributed by atoms with Gasteiger partial charge in [-0.05, 0) is 18.2 Å². The zero-order valence-corrected chi connectivity index (χ0v) is 13.0. The van der Waals surface area contributed by atoms with E-state index in [2.05, 4.69) is 15.3 Å². The Balaban J connectivity index is 2.03. The van der Waals surface area contributed by atoms with Crippen molar-refractivity contribution in [3.05, 3.63) is 42.1 Å². The number of carbonyl (C=O) groups is 1. The highest BCUT2D eigenvalue weighted by Gasteiger charge is 2.12. The molecule has 0 saturated heterocycles. The summed E-state index contributed by atoms with van der Waals surface area (Å²) in [5.74, 6) is -0.867. The molecule has 1 N–H and O–H groups in total. The van der Waals surface area contributed by atoms with Crippen molar-refractivity contribution in [3.63, 3.8) is 0 Å². The summed E-state index contributed by atoms with van der Waals surface area (Å²) in [6, 6.07) is 4.57. The van der Waals surface area contributed by atoms with Crippen molar-refractivity contribution in [1.29, 1.82) is 0 Å². The third-order valence-corrected chi connectivity index (χ3v) is 2.95. The third kappa shape index (κ3) is 4.60. The first-order valence-electron chi connectivity index (χ1n) is 6.82. The lowest BCUT2D eigenvalue weighted by Crippen LogP contribution is -2.31. The van der Waals surface area contributed by atoms with Crippen LogP contribution in [0.15, 0.2) is 30.5 Å². The lowest BCUT2D eigenvalue weighted by molar-refractivity contribution is -0.114. The number of halogens is 2. The van der Waals surface area contributed by atoms with Gasteiger partial charge in [0, 0.05) is 39.1 Å². The predicted octanol–water partition coefficient (Wildman–Crippen LogP) is 1.90. The second-order valence-corrected chi connectivity index (χ2v) is 5.17. The normalized spacial score (nSPS) is 10.3. The molecule has 0 saturated carbocycles. The lowest BCUT2D eigenvalue weighted by Gasteiger charge is -2.18. The summed E-state index contributed by atoms with van der Waals surface area (Å²) in [6.45, 7) is -0.0605. The fraction of sp³-hybridized carbons (Fsp3) is 0.267. The first-order chi connectivity index (χ1) is 10.8. The molecule has 0 bridgehead atoms. The molecule has 1 amide bonds. The molecule has 0 fully saturated rings. The van der Waals surface area contributed by atoms with Crippen molar-refractivity contribution in [1.82, 2.24) is 9.97 Å². The van der Waals surface area contributed by atoms with Gasteiger partial charge in [-0.15, -0.1) is 0 Å². The van der Waals surface area contributed by atoms with E-state index >= 15 is 0 Å². The molecule has 1 aromatic carbocycles. The summed E-state index contributed by atoms with van der Waals surface area (Å²) < 4.78 is 26.2. The topological polar surface area (TPSA) is 61.4 Å². The summed E-state index contributed by atoms with van der Waals surface area (Å²) in [6.07, 6.45) is 1.59. The number of carbonyl (C=O) groups excluding carboxylic acids is 1. The molecule has 0 atom stereocenters. The van der Waals surface area contributed by atoms with Gasteiger partial charge in [0.25, 0.3) is 0 Å². The van der Waals surface area contributed by atoms with Crippen LogP contribution in [0.3, 0.4) is 0 Å². The summed E-state index contributed by atoms with van der Waals surface area (Å²) in [4.78, 5) is 23.7. The van der Waals surface area contributed by atoms with Gasteiger partial charge in [-0.2, -0.15) is 4.98 Å². The molecule has 0 aliphatic rings. The molecule has 0 aliphatic carbocycles. The Hall–Kier alpha value is -2.77. The van der Waals surface area contributed by atoms with Crippen LogP contribution in [0.25, 0.3) is 0 Å². The second kappa shape index (κ2) is 6.99. The number of nitrogens with one attached hydrogen (secondary N) is 1. The lowest BCUT2D eigenvalue weighted by atomic mass is 10.3. The minimum atomic E-state index is -0.754. The maximum Gasteiger partial charge on any atom is 0.243 e. The number of nitrogens with zero attached hydrogens (tertiary/aromatic N) is 4. The monoisotopic (exact) mass is 321 g/mol. The van der Waals surface area contributed by atoms with Crippen LogP contribution in [0.5, 0.6) is 0 Å². The molecular formula is C15H17F2N5O. The van der Waals surface area contributed by atoms with Gasteiger partial charge in [0.15, 0.2) is 0 Å². The minimum Gasteiger partial charge on any atom is -0.363 e. The van der Waals surface area contributed by atoms with E-state index in [1.165, 1.54) is 4.90 Å². The molecule has 0 unspecified atom stereocenters. The van der Waals surface area contributed by atoms with Gasteiger partial charge in [-0.25, -0.2) is 13.8 Å². The van der Waals surface area contributed by atoms with E-state index in [0.717, 1.165) is 18.2 Å². The van der Waals surface area contributed by atoms with Crippen LogP contribution in [0.1, 0.15) is 0 Å². The summed E-state index contributed by atoms with van der Waals surface area (Å²) in [7, 11) is 5.34. The van der Waals surface area contributed by atoms with Crippen LogP contribution < -0.4 is 15.1 Å². The molecule has 2 rings (SSSR count). The van der Waals surface area contributed by atoms with E-state index in [-0.39, 0.29) is 12.2 Å². The Labute approximate surface area is 132 Å². The van der Waals surface area contributed by atoms with E-state index in [1.807, 2.05) is 19.0 Å². The van der Waals surface area contributed by atoms with Gasteiger partial charge in [0.05, 0.1) is 6.54 Å². The smallest absolute Gasteiger partial charge is 0.243 e. The van der Waals surface area contributed by atoms with Crippen molar-refractivity contribution in [2.45, 2.75) is 0 Å². The Kier molecular flexibility index (Phi) is 5.05. The average molecular weight is 321 g/mol. The maximum absolute atomic E-state index is 13.1. The van der Waals surface area contributed by atoms with Gasteiger partial charge >= 0.3 is 0 Å². The summed E-state index contributed by atoms with van der Waals surface area (Å²) >= 11 is 0. The molecule has 2 aromatic rings. The maximum atomic E-state index is 13.1. The average Bonchev–Trinajstić information content (AvgIpc) is 2.46. The zero-order chi connectivity index (χ0) is 17.0. The number of anilines is 3. The fourth-order valence-corrected chi connectivity index (χ4v) is 1.88. The van der Waals surface area contributed by atoms with Crippen molar-refractivity contribution in [3.8, 4) is 0 Å². The number of hydrogen-bond acceptors (Lipinski definition) is 5. The largest absolute Gasteiger partial charge is 0.363 e. The molecule has 8 heteroatoms. The Bertz CT molecular complexity index is 688. The zero-order valence-electron chi connectivity index (χ0n) is 13.0. The molecular weight excluding hydrogens is 304 g/mol. The van der Waals surface area contributed by atoms with Crippen LogP contribution in [0.2, 0.25) is 0 Å². The standard InChI is InChI=1S/C15H17F2N5O/c1-21(2)13-4-5-18-15(20-13)22(3)9-14(23)19-12-7-10(16)6-11(17)8-12/h4-8H,9H2,1-3H3,(H,19,23). The molecule has 122 valence electrons. The van der Waals surface area contributed by atoms with E-state index in [1.54, 1.807) is 19.3 Å². The van der Waals surface area contributed by atoms with Crippen LogP contribution in [-0.2, 0) is 4.79 Å². The highest BCUT2D eigenvalue weighted by molar-refractivity contribution is 5.93. The molecule has 1 heterocycles. The van der Waals surface area contributed by atoms with Crippen molar-refractivity contribution in [2.24, 2.45) is 0 Å². The number of benzene rings is 1. The third-order valence-electron chi connectivity index (χ3n) is 2.95. The SMILES string of the molecule is CN(C)c1ccnc(N(C)CC(=O)Nc2cc(F)cc(F)c2)n1. The number of likely N-dealkylation sites (N-methyl/N-ethyl adjacent to an activating group) is 1. The molecule has 6 nitrogen and oxygen atoms in total. The number of amides is 1. The molecule has 0 aliphatic heterocycles. The Morgan fingerprint density at radius 1 is 1.17 bits per heavy atom. The van der Waals surface area contributed by atoms with Gasteiger partial charge in [0.2, 0.25) is 11.9 Å². The van der Waals surface area contributed by atoms with Crippen LogP contribution in [0, 0.1) is 11.6 Å². The first-order valence-corrected chi connectivity index (χ1v) is 6.82. The Morgan fingerprint density at radius 3 is 2.43 bits per heavy atom. The van der Waals surface area contributed by atoms with Gasteiger partial charge in [-0.1, -0.05) is 0 Å². The number of rotatable bonds is 5. The van der Waals surface area contributed by atoms with Crippen molar-refractivity contribution < 1.29 is 13.6 Å². The summed E-state index contributed by atoms with van der Waals surface area (Å²) in [5.41, 5.74) is 0.0591. The van der Waals surface area contributed by atoms with E-state index < -0.39 is 17.5 Å². The van der Waals surface area contributed by atoms with Crippen LogP contribution >= 0.6 is 0 Å². The minimum absolute atomic E-state index is 0.0591. The number of hydrogen-bond donors (Lipinski definition) is 1. The Morgan fingerprint density at radius 2 is 1.83 bits per heavy atom. The van der Waals surface area contributed by atoms with Gasteiger partial charge in [0.1, 0.15) is 17.5 Å². The first kappa shape index (κ1) is 16.6. The van der Waals surface area contributed by atoms with Gasteiger partial charge in [-0.3, -0.25) is 4.79 Å². The highest BCUT2D eigenvalue weighted by Crippen LogP contribution is 2.14. The number of aromatic nitrogens is 2. The molecule has 1 aromatic heterocycles.